The number of hydrogen-bond donors (Lipinski definition) is 0. The second-order valence-electron chi connectivity index (χ2n) is 10.00. The normalized spacial score (nSPS) is 17.5. The monoisotopic (exact) mass is 600 g/mol. The molecule has 1 aromatic heterocycles. The Hall–Kier alpha value is -3.53. The Labute approximate surface area is 244 Å². The van der Waals surface area contributed by atoms with E-state index in [2.05, 4.69) is 16.0 Å². The lowest BCUT2D eigenvalue weighted by Crippen LogP contribution is -2.46. The van der Waals surface area contributed by atoms with Crippen LogP contribution in [0.2, 0.25) is 10.0 Å². The summed E-state index contributed by atoms with van der Waals surface area (Å²) in [5.41, 5.74) is 2.89. The third kappa shape index (κ3) is 5.29. The molecule has 41 heavy (non-hydrogen) atoms. The summed E-state index contributed by atoms with van der Waals surface area (Å²) in [5, 5.41) is 7.62. The molecule has 212 valence electrons. The summed E-state index contributed by atoms with van der Waals surface area (Å²) in [6.45, 7) is 3.06. The zero-order valence-corrected chi connectivity index (χ0v) is 23.7. The quantitative estimate of drug-likeness (QED) is 0.232. The van der Waals surface area contributed by atoms with Gasteiger partial charge in [0.2, 0.25) is 5.89 Å². The van der Waals surface area contributed by atoms with Gasteiger partial charge in [-0.1, -0.05) is 47.5 Å². The van der Waals surface area contributed by atoms with Gasteiger partial charge in [-0.2, -0.15) is 23.3 Å². The maximum absolute atomic E-state index is 13.8. The number of fused-ring (bicyclic) bond motifs is 1. The molecule has 1 unspecified atom stereocenters. The van der Waals surface area contributed by atoms with Crippen LogP contribution in [0.5, 0.6) is 5.75 Å². The lowest BCUT2D eigenvalue weighted by Gasteiger charge is -2.37. The molecule has 0 N–H and O–H groups in total. The molecule has 0 radical (unpaired) electrons. The van der Waals surface area contributed by atoms with E-state index in [0.29, 0.717) is 40.3 Å². The summed E-state index contributed by atoms with van der Waals surface area (Å²) < 4.78 is 52.7. The molecule has 0 aliphatic carbocycles. The van der Waals surface area contributed by atoms with Crippen LogP contribution < -0.4 is 9.75 Å². The van der Waals surface area contributed by atoms with Gasteiger partial charge in [0.1, 0.15) is 17.7 Å². The summed E-state index contributed by atoms with van der Waals surface area (Å²) in [7, 11) is 1.64. The molecule has 2 aliphatic rings. The Morgan fingerprint density at radius 2 is 1.80 bits per heavy atom. The fourth-order valence-corrected chi connectivity index (χ4v) is 5.94. The van der Waals surface area contributed by atoms with Crippen molar-refractivity contribution in [3.63, 3.8) is 0 Å². The van der Waals surface area contributed by atoms with Crippen LogP contribution in [0.15, 0.2) is 70.2 Å². The van der Waals surface area contributed by atoms with E-state index in [1.165, 1.54) is 23.8 Å². The van der Waals surface area contributed by atoms with Gasteiger partial charge in [0, 0.05) is 35.7 Å². The van der Waals surface area contributed by atoms with Crippen molar-refractivity contribution in [2.75, 3.05) is 18.7 Å². The fraction of sp³-hybridized carbons (Fsp3) is 0.267. The number of methoxy groups -OCH3 is 1. The molecule has 2 aliphatic heterocycles. The van der Waals surface area contributed by atoms with E-state index in [1.54, 1.807) is 31.2 Å². The molecule has 0 spiro atoms. The third-order valence-corrected chi connectivity index (χ3v) is 8.01. The van der Waals surface area contributed by atoms with Crippen molar-refractivity contribution in [2.24, 2.45) is 5.10 Å². The predicted molar refractivity (Wildman–Crippen MR) is 153 cm³/mol. The van der Waals surface area contributed by atoms with Gasteiger partial charge < -0.3 is 9.15 Å². The number of ether oxygens (including phenoxy) is 1. The zero-order valence-electron chi connectivity index (χ0n) is 22.2. The highest BCUT2D eigenvalue weighted by molar-refractivity contribution is 6.37. The lowest BCUT2D eigenvalue weighted by molar-refractivity contribution is -0.137. The molecular formula is C30H25Cl2F3N4O2. The first-order valence-corrected chi connectivity index (χ1v) is 13.7. The molecule has 4 aromatic rings. The molecule has 3 heterocycles. The van der Waals surface area contributed by atoms with Crippen molar-refractivity contribution in [1.29, 1.82) is 0 Å². The minimum Gasteiger partial charge on any atom is -0.497 e. The van der Waals surface area contributed by atoms with Crippen LogP contribution in [-0.2, 0) is 19.1 Å². The third-order valence-electron chi connectivity index (χ3n) is 7.46. The average molecular weight is 601 g/mol. The molecule has 0 bridgehead atoms. The zero-order chi connectivity index (χ0) is 28.9. The summed E-state index contributed by atoms with van der Waals surface area (Å²) >= 11 is 12.7. The van der Waals surface area contributed by atoms with Gasteiger partial charge in [0.15, 0.2) is 5.82 Å². The van der Waals surface area contributed by atoms with Gasteiger partial charge in [0.05, 0.1) is 23.4 Å². The van der Waals surface area contributed by atoms with Crippen LogP contribution in [0.4, 0.5) is 19.0 Å². The summed E-state index contributed by atoms with van der Waals surface area (Å²) in [5.74, 6) is 1.36. The van der Waals surface area contributed by atoms with E-state index in [0.717, 1.165) is 35.9 Å². The highest BCUT2D eigenvalue weighted by Gasteiger charge is 2.39. The number of benzene rings is 3. The van der Waals surface area contributed by atoms with Crippen LogP contribution in [0.25, 0.3) is 11.5 Å². The number of oxazole rings is 1. The molecule has 1 atom stereocenters. The number of alkyl halides is 3. The molecule has 6 nitrogen and oxygen atoms in total. The van der Waals surface area contributed by atoms with E-state index in [9.17, 15) is 13.2 Å². The minimum absolute atomic E-state index is 0.119. The Kier molecular flexibility index (Phi) is 7.21. The van der Waals surface area contributed by atoms with Gasteiger partial charge in [-0.25, -0.2) is 5.01 Å². The van der Waals surface area contributed by atoms with Gasteiger partial charge in [0.25, 0.3) is 0 Å². The highest BCUT2D eigenvalue weighted by Crippen LogP contribution is 2.40. The maximum Gasteiger partial charge on any atom is 0.417 e. The topological polar surface area (TPSA) is 54.1 Å². The first kappa shape index (κ1) is 27.6. The van der Waals surface area contributed by atoms with Crippen molar-refractivity contribution in [1.82, 2.24) is 9.88 Å². The van der Waals surface area contributed by atoms with E-state index >= 15 is 0 Å². The SMILES string of the molecule is COc1ccc2c(c1)CN(C1CC(c3ccc(Cl)cc3Cl)=NN1c1nc(-c3ccccc3C(F)(F)F)oc1C)CC2. The van der Waals surface area contributed by atoms with Crippen LogP contribution in [0.1, 0.15) is 34.4 Å². The number of nitrogens with zero attached hydrogens (tertiary/aromatic N) is 4. The van der Waals surface area contributed by atoms with E-state index in [1.807, 2.05) is 18.2 Å². The van der Waals surface area contributed by atoms with Crippen LogP contribution in [0, 0.1) is 6.92 Å². The van der Waals surface area contributed by atoms with Gasteiger partial charge in [-0.05, 0) is 60.9 Å². The van der Waals surface area contributed by atoms with E-state index < -0.39 is 11.7 Å². The van der Waals surface area contributed by atoms with E-state index in [-0.39, 0.29) is 17.6 Å². The second-order valence-corrected chi connectivity index (χ2v) is 10.8. The molecule has 0 amide bonds. The smallest absolute Gasteiger partial charge is 0.417 e. The number of anilines is 1. The van der Waals surface area contributed by atoms with Crippen molar-refractivity contribution < 1.29 is 22.3 Å². The largest absolute Gasteiger partial charge is 0.497 e. The summed E-state index contributed by atoms with van der Waals surface area (Å²) in [6.07, 6.45) is -3.52. The Morgan fingerprint density at radius 1 is 1.00 bits per heavy atom. The summed E-state index contributed by atoms with van der Waals surface area (Å²) in [6, 6.07) is 16.6. The molecule has 3 aromatic carbocycles. The average Bonchev–Trinajstić information content (AvgIpc) is 3.55. The summed E-state index contributed by atoms with van der Waals surface area (Å²) in [4.78, 5) is 6.85. The van der Waals surface area contributed by atoms with Crippen molar-refractivity contribution in [2.45, 2.75) is 38.7 Å². The van der Waals surface area contributed by atoms with Crippen LogP contribution >= 0.6 is 23.2 Å². The first-order chi connectivity index (χ1) is 19.6. The van der Waals surface area contributed by atoms with Crippen molar-refractivity contribution in [3.8, 4) is 17.2 Å². The number of halogens is 5. The highest BCUT2D eigenvalue weighted by atomic mass is 35.5. The minimum atomic E-state index is -4.56. The van der Waals surface area contributed by atoms with Gasteiger partial charge in [-0.3, -0.25) is 4.90 Å². The Balaban J connectivity index is 1.41. The molecule has 11 heteroatoms. The molecule has 0 fully saturated rings. The predicted octanol–water partition coefficient (Wildman–Crippen LogP) is 7.98. The first-order valence-electron chi connectivity index (χ1n) is 13.0. The van der Waals surface area contributed by atoms with Crippen molar-refractivity contribution in [3.05, 3.63) is 98.7 Å². The molecule has 0 saturated heterocycles. The van der Waals surface area contributed by atoms with E-state index in [4.69, 9.17) is 37.5 Å². The molecular weight excluding hydrogens is 576 g/mol. The number of hydrazone groups is 1. The number of rotatable bonds is 5. The number of hydrogen-bond acceptors (Lipinski definition) is 6. The maximum atomic E-state index is 13.8. The molecule has 6 rings (SSSR count). The Bertz CT molecular complexity index is 1650. The van der Waals surface area contributed by atoms with Crippen LogP contribution in [-0.4, -0.2) is 35.4 Å². The van der Waals surface area contributed by atoms with Gasteiger partial charge >= 0.3 is 6.18 Å². The molecule has 0 saturated carbocycles. The number of aromatic nitrogens is 1. The van der Waals surface area contributed by atoms with Crippen LogP contribution in [0.3, 0.4) is 0 Å². The lowest BCUT2D eigenvalue weighted by atomic mass is 9.98. The second kappa shape index (κ2) is 10.7. The van der Waals surface area contributed by atoms with Crippen molar-refractivity contribution >= 4 is 34.7 Å². The Morgan fingerprint density at radius 3 is 2.56 bits per heavy atom. The van der Waals surface area contributed by atoms with Gasteiger partial charge in [-0.15, -0.1) is 0 Å². The fourth-order valence-electron chi connectivity index (χ4n) is 5.43. The standard InChI is InChI=1S/C30H25Cl2F3N4O2/c1-17-28(36-29(41-17)22-5-3-4-6-24(22)30(33,34)35)39-27(15-26(37-39)23-10-8-20(31)14-25(23)32)38-12-11-18-7-9-21(40-2)13-19(18)16-38/h3-10,13-14,27H,11-12,15-16H2,1-2H3. The number of aryl methyl sites for hydroxylation is 1.